The predicted molar refractivity (Wildman–Crippen MR) is 131 cm³/mol. The van der Waals surface area contributed by atoms with Crippen molar-refractivity contribution in [1.29, 1.82) is 0 Å². The minimum absolute atomic E-state index is 0.135. The number of ether oxygens (including phenoxy) is 4. The van der Waals surface area contributed by atoms with Crippen molar-refractivity contribution >= 4 is 63.0 Å². The molecule has 2 bridgehead atoms. The molecule has 5 saturated heterocycles. The lowest BCUT2D eigenvalue weighted by Crippen LogP contribution is -2.73. The van der Waals surface area contributed by atoms with Gasteiger partial charge in [0.05, 0.1) is 37.1 Å². The number of carbonyl (C=O) groups is 4. The van der Waals surface area contributed by atoms with Crippen LogP contribution in [-0.4, -0.2) is 71.1 Å². The maximum Gasteiger partial charge on any atom is 0.303 e. The molecule has 7 aliphatic rings. The molecule has 0 N–H and O–H groups in total. The van der Waals surface area contributed by atoms with Gasteiger partial charge in [-0.1, -0.05) is 35.7 Å². The Kier molecular flexibility index (Phi) is 5.33. The molecule has 4 unspecified atom stereocenters. The summed E-state index contributed by atoms with van der Waals surface area (Å²) in [5, 5.41) is 0. The van der Waals surface area contributed by atoms with Crippen molar-refractivity contribution in [2.75, 3.05) is 0 Å². The lowest BCUT2D eigenvalue weighted by Gasteiger charge is -2.51. The smallest absolute Gasteiger partial charge is 0.303 e. The molecule has 2 amide bonds. The van der Waals surface area contributed by atoms with Crippen LogP contribution in [0, 0.1) is 0 Å². The molecular formula is C23H20N2O8S3. The molecule has 0 aromatic carbocycles. The summed E-state index contributed by atoms with van der Waals surface area (Å²) in [7, 11) is 0. The van der Waals surface area contributed by atoms with E-state index in [1.54, 1.807) is 12.2 Å². The van der Waals surface area contributed by atoms with Gasteiger partial charge in [-0.3, -0.25) is 19.2 Å². The summed E-state index contributed by atoms with van der Waals surface area (Å²) in [5.41, 5.74) is 1.28. The number of carbonyl (C=O) groups excluding carboxylic acids is 4. The third-order valence-corrected chi connectivity index (χ3v) is 9.99. The summed E-state index contributed by atoms with van der Waals surface area (Å²) in [5.74, 6) is -1.71. The number of piperazine rings is 1. The van der Waals surface area contributed by atoms with Crippen LogP contribution in [-0.2, 0) is 38.1 Å². The Balaban J connectivity index is 1.52. The molecule has 188 valence electrons. The maximum absolute atomic E-state index is 14.5. The number of hydrogen-bond acceptors (Lipinski definition) is 11. The Morgan fingerprint density at radius 1 is 0.889 bits per heavy atom. The van der Waals surface area contributed by atoms with Gasteiger partial charge in [-0.05, 0) is 23.3 Å². The largest absolute Gasteiger partial charge is 0.473 e. The van der Waals surface area contributed by atoms with Crippen LogP contribution in [0.25, 0.3) is 0 Å². The zero-order valence-corrected chi connectivity index (χ0v) is 21.5. The molecule has 0 radical (unpaired) electrons. The average Bonchev–Trinajstić information content (AvgIpc) is 3.06. The Bertz CT molecular complexity index is 1150. The first-order valence-electron chi connectivity index (χ1n) is 11.1. The highest BCUT2D eigenvalue weighted by molar-refractivity contribution is 8.48. The number of hydrogen-bond donors (Lipinski definition) is 0. The van der Waals surface area contributed by atoms with Crippen molar-refractivity contribution in [2.24, 2.45) is 0 Å². The maximum atomic E-state index is 14.5. The van der Waals surface area contributed by atoms with Crippen LogP contribution in [0.4, 0.5) is 0 Å². The second-order valence-corrected chi connectivity index (χ2v) is 12.8. The first kappa shape index (κ1) is 23.6. The van der Waals surface area contributed by atoms with Crippen molar-refractivity contribution in [1.82, 2.24) is 9.80 Å². The molecule has 0 aliphatic carbocycles. The third-order valence-electron chi connectivity index (χ3n) is 6.95. The highest BCUT2D eigenvalue weighted by Crippen LogP contribution is 2.64. The number of esters is 2. The van der Waals surface area contributed by atoms with E-state index in [-0.39, 0.29) is 24.7 Å². The van der Waals surface area contributed by atoms with E-state index in [0.717, 1.165) is 23.5 Å². The molecule has 36 heavy (non-hydrogen) atoms. The number of thioether (sulfide) groups is 2. The Morgan fingerprint density at radius 2 is 1.31 bits per heavy atom. The molecule has 0 aromatic heterocycles. The first-order chi connectivity index (χ1) is 17.2. The summed E-state index contributed by atoms with van der Waals surface area (Å²) in [4.78, 5) is 53.2. The molecular weight excluding hydrogens is 528 g/mol. The van der Waals surface area contributed by atoms with Crippen LogP contribution in [0.3, 0.4) is 0 Å². The van der Waals surface area contributed by atoms with Crippen LogP contribution in [0.1, 0.15) is 26.7 Å². The lowest BCUT2D eigenvalue weighted by molar-refractivity contribution is -0.171. The number of amides is 2. The van der Waals surface area contributed by atoms with Crippen molar-refractivity contribution in [3.63, 3.8) is 0 Å². The van der Waals surface area contributed by atoms with Crippen molar-refractivity contribution in [3.8, 4) is 0 Å². The topological polar surface area (TPSA) is 112 Å². The third kappa shape index (κ3) is 3.15. The molecule has 7 heterocycles. The monoisotopic (exact) mass is 548 g/mol. The van der Waals surface area contributed by atoms with Crippen molar-refractivity contribution in [3.05, 3.63) is 48.3 Å². The van der Waals surface area contributed by atoms with E-state index < -0.39 is 46.0 Å². The standard InChI is InChI=1S/C23H20N2O8S3/c1-11(26)32-15-3-5-30-9-13-7-22-20(29)25-18-14(10-31-6-4-16(18)33-12(2)27)8-23(25,36-21(34)35-22)19(28)24(22)17(13)15/h3-6,9-10,15-18H,7-8H2,1-2H3/t15?,16?,17?,18?,22-,23-/m0/s1. The van der Waals surface area contributed by atoms with Gasteiger partial charge in [0.1, 0.15) is 15.7 Å². The molecule has 10 nitrogen and oxygen atoms in total. The molecule has 0 aromatic rings. The van der Waals surface area contributed by atoms with E-state index >= 15 is 0 Å². The van der Waals surface area contributed by atoms with Gasteiger partial charge in [-0.15, -0.1) is 0 Å². The molecule has 13 heteroatoms. The van der Waals surface area contributed by atoms with E-state index in [0.29, 0.717) is 14.7 Å². The van der Waals surface area contributed by atoms with E-state index in [1.165, 1.54) is 48.7 Å². The molecule has 7 rings (SSSR count). The summed E-state index contributed by atoms with van der Waals surface area (Å²) < 4.78 is 22.5. The van der Waals surface area contributed by atoms with E-state index in [2.05, 4.69) is 0 Å². The molecule has 2 spiro atoms. The van der Waals surface area contributed by atoms with Gasteiger partial charge in [-0.2, -0.15) is 0 Å². The lowest BCUT2D eigenvalue weighted by atomic mass is 10.0. The van der Waals surface area contributed by atoms with Gasteiger partial charge in [0.2, 0.25) is 0 Å². The number of nitrogens with zero attached hydrogens (tertiary/aromatic N) is 2. The highest BCUT2D eigenvalue weighted by atomic mass is 32.2. The fraction of sp³-hybridized carbons (Fsp3) is 0.435. The van der Waals surface area contributed by atoms with Gasteiger partial charge in [0.25, 0.3) is 11.8 Å². The number of fused-ring (bicyclic) bond motifs is 4. The van der Waals surface area contributed by atoms with Gasteiger partial charge >= 0.3 is 11.9 Å². The molecule has 0 saturated carbocycles. The Morgan fingerprint density at radius 3 is 1.69 bits per heavy atom. The van der Waals surface area contributed by atoms with Gasteiger partial charge in [0.15, 0.2) is 9.74 Å². The minimum Gasteiger partial charge on any atom is -0.473 e. The SMILES string of the molecule is CC(=O)OC1C=COC=C2C[C@]34SC(=S)S[C@@]5(CC6=COC=CC(OC(C)=O)C6N5C3=O)C(=O)N4C21. The van der Waals surface area contributed by atoms with Crippen LogP contribution >= 0.6 is 35.7 Å². The van der Waals surface area contributed by atoms with E-state index in [9.17, 15) is 19.2 Å². The summed E-state index contributed by atoms with van der Waals surface area (Å²) in [6, 6.07) is -1.48. The summed E-state index contributed by atoms with van der Waals surface area (Å²) in [6.45, 7) is 2.57. The summed E-state index contributed by atoms with van der Waals surface area (Å²) in [6.07, 6.45) is 7.50. The quantitative estimate of drug-likeness (QED) is 0.373. The van der Waals surface area contributed by atoms with Gasteiger partial charge < -0.3 is 28.7 Å². The highest BCUT2D eigenvalue weighted by Gasteiger charge is 2.76. The second-order valence-electron chi connectivity index (χ2n) is 9.08. The van der Waals surface area contributed by atoms with Crippen LogP contribution in [0.5, 0.6) is 0 Å². The van der Waals surface area contributed by atoms with Crippen LogP contribution < -0.4 is 0 Å². The van der Waals surface area contributed by atoms with Gasteiger partial charge in [-0.25, -0.2) is 0 Å². The molecule has 6 atom stereocenters. The number of rotatable bonds is 2. The van der Waals surface area contributed by atoms with Crippen molar-refractivity contribution < 1.29 is 38.1 Å². The molecule has 5 fully saturated rings. The fourth-order valence-electron chi connectivity index (χ4n) is 5.82. The Labute approximate surface area is 219 Å². The zero-order valence-electron chi connectivity index (χ0n) is 19.1. The van der Waals surface area contributed by atoms with E-state index in [1.807, 2.05) is 0 Å². The zero-order chi connectivity index (χ0) is 25.4. The Hall–Kier alpha value is -2.77. The normalized spacial score (nSPS) is 37.8. The fourth-order valence-corrected chi connectivity index (χ4v) is 9.63. The average molecular weight is 549 g/mol. The predicted octanol–water partition coefficient (Wildman–Crippen LogP) is 2.08. The number of thiocarbonyl (C=S) groups is 1. The minimum atomic E-state index is -1.41. The summed E-state index contributed by atoms with van der Waals surface area (Å²) >= 11 is 7.99. The van der Waals surface area contributed by atoms with Gasteiger partial charge in [0, 0.05) is 26.7 Å². The van der Waals surface area contributed by atoms with Crippen LogP contribution in [0.2, 0.25) is 0 Å². The first-order valence-corrected chi connectivity index (χ1v) is 13.2. The van der Waals surface area contributed by atoms with Crippen LogP contribution in [0.15, 0.2) is 48.3 Å². The molecule has 7 aliphatic heterocycles. The van der Waals surface area contributed by atoms with Crippen molar-refractivity contribution in [2.45, 2.75) is 60.7 Å². The second kappa shape index (κ2) is 8.12. The van der Waals surface area contributed by atoms with E-state index in [4.69, 9.17) is 31.2 Å².